The van der Waals surface area contributed by atoms with E-state index in [0.29, 0.717) is 10.5 Å². The number of nitrogens with one attached hydrogen (secondary N) is 1. The number of thioether (sulfide) groups is 2. The molecule has 2 aromatic carbocycles. The second-order valence-corrected chi connectivity index (χ2v) is 7.90. The molecule has 3 rings (SSSR count). The van der Waals surface area contributed by atoms with E-state index in [2.05, 4.69) is 66.6 Å². The van der Waals surface area contributed by atoms with E-state index < -0.39 is 0 Å². The molecule has 2 aromatic rings. The molecule has 0 bridgehead atoms. The van der Waals surface area contributed by atoms with Crippen molar-refractivity contribution in [2.45, 2.75) is 23.5 Å². The molecule has 0 radical (unpaired) electrons. The summed E-state index contributed by atoms with van der Waals surface area (Å²) in [7, 11) is 0. The van der Waals surface area contributed by atoms with Crippen LogP contribution in [0, 0.1) is 0 Å². The minimum absolute atomic E-state index is 0.203. The van der Waals surface area contributed by atoms with Crippen molar-refractivity contribution in [2.75, 3.05) is 11.5 Å². The lowest BCUT2D eigenvalue weighted by Gasteiger charge is -2.34. The molecule has 20 heavy (non-hydrogen) atoms. The van der Waals surface area contributed by atoms with Gasteiger partial charge in [0.25, 0.3) is 0 Å². The smallest absolute Gasteiger partial charge is 0.0595 e. The van der Waals surface area contributed by atoms with Crippen LogP contribution in [0.1, 0.15) is 18.5 Å². The van der Waals surface area contributed by atoms with Crippen LogP contribution in [-0.2, 0) is 0 Å². The monoisotopic (exact) mass is 304 g/mol. The summed E-state index contributed by atoms with van der Waals surface area (Å²) in [4.78, 5) is 0. The van der Waals surface area contributed by atoms with Gasteiger partial charge in [-0.2, -0.15) is 23.5 Å². The first kappa shape index (κ1) is 14.3. The van der Waals surface area contributed by atoms with Crippen LogP contribution in [0.4, 0.5) is 0 Å². The maximum absolute atomic E-state index is 5.92. The summed E-state index contributed by atoms with van der Waals surface area (Å²) in [6, 6.07) is 15.3. The summed E-state index contributed by atoms with van der Waals surface area (Å²) < 4.78 is 0. The van der Waals surface area contributed by atoms with Gasteiger partial charge in [-0.25, -0.2) is 0 Å². The van der Waals surface area contributed by atoms with Crippen molar-refractivity contribution < 1.29 is 0 Å². The summed E-state index contributed by atoms with van der Waals surface area (Å²) in [6.45, 7) is 2.32. The highest BCUT2D eigenvalue weighted by molar-refractivity contribution is 8.07. The van der Waals surface area contributed by atoms with E-state index >= 15 is 0 Å². The van der Waals surface area contributed by atoms with Gasteiger partial charge >= 0.3 is 0 Å². The zero-order chi connectivity index (χ0) is 13.9. The Balaban J connectivity index is 2.02. The summed E-state index contributed by atoms with van der Waals surface area (Å²) in [5, 5.41) is 3.73. The molecule has 3 N–H and O–H groups in total. The second-order valence-electron chi connectivity index (χ2n) is 5.12. The van der Waals surface area contributed by atoms with Crippen molar-refractivity contribution in [3.05, 3.63) is 48.0 Å². The Morgan fingerprint density at radius 1 is 1.10 bits per heavy atom. The molecule has 1 heterocycles. The quantitative estimate of drug-likeness (QED) is 0.671. The van der Waals surface area contributed by atoms with Gasteiger partial charge in [-0.15, -0.1) is 0 Å². The van der Waals surface area contributed by atoms with Crippen LogP contribution < -0.4 is 11.3 Å². The highest BCUT2D eigenvalue weighted by Crippen LogP contribution is 2.39. The van der Waals surface area contributed by atoms with E-state index in [1.165, 1.54) is 27.8 Å². The third-order valence-electron chi connectivity index (χ3n) is 3.90. The number of hydrogen-bond acceptors (Lipinski definition) is 4. The second kappa shape index (κ2) is 6.39. The summed E-state index contributed by atoms with van der Waals surface area (Å²) >= 11 is 4.10. The maximum Gasteiger partial charge on any atom is 0.0595 e. The fourth-order valence-corrected chi connectivity index (χ4v) is 5.82. The number of rotatable bonds is 3. The van der Waals surface area contributed by atoms with E-state index in [-0.39, 0.29) is 6.04 Å². The first-order valence-corrected chi connectivity index (χ1v) is 9.08. The van der Waals surface area contributed by atoms with Gasteiger partial charge in [0, 0.05) is 22.0 Å². The number of fused-ring (bicyclic) bond motifs is 1. The average molecular weight is 304 g/mol. The zero-order valence-corrected chi connectivity index (χ0v) is 13.2. The van der Waals surface area contributed by atoms with Gasteiger partial charge in [-0.1, -0.05) is 49.4 Å². The zero-order valence-electron chi connectivity index (χ0n) is 11.6. The highest BCUT2D eigenvalue weighted by Gasteiger charge is 2.31. The molecule has 1 aliphatic rings. The first-order valence-electron chi connectivity index (χ1n) is 6.98. The molecular weight excluding hydrogens is 284 g/mol. The summed E-state index contributed by atoms with van der Waals surface area (Å²) in [6.07, 6.45) is 0. The Labute approximate surface area is 128 Å². The molecular formula is C16H20N2S2. The van der Waals surface area contributed by atoms with Crippen molar-refractivity contribution in [3.8, 4) is 0 Å². The molecule has 1 saturated heterocycles. The molecule has 0 aliphatic carbocycles. The number of hydrogen-bond donors (Lipinski definition) is 2. The fourth-order valence-electron chi connectivity index (χ4n) is 2.90. The fraction of sp³-hybridized carbons (Fsp3) is 0.375. The van der Waals surface area contributed by atoms with E-state index in [4.69, 9.17) is 5.84 Å². The van der Waals surface area contributed by atoms with Crippen LogP contribution in [-0.4, -0.2) is 22.0 Å². The van der Waals surface area contributed by atoms with Gasteiger partial charge in [0.05, 0.1) is 6.04 Å². The standard InChI is InChI=1S/C16H20N2S2/c1-11-16(20-10-9-19-11)15(18-17)14-8-4-6-12-5-2-3-7-13(12)14/h2-8,11,15-16,18H,9-10,17H2,1H3. The van der Waals surface area contributed by atoms with Crippen LogP contribution in [0.15, 0.2) is 42.5 Å². The van der Waals surface area contributed by atoms with Crippen molar-refractivity contribution in [2.24, 2.45) is 5.84 Å². The molecule has 4 heteroatoms. The normalized spacial score (nSPS) is 24.7. The Hall–Kier alpha value is -0.680. The highest BCUT2D eigenvalue weighted by atomic mass is 32.2. The van der Waals surface area contributed by atoms with Gasteiger partial charge in [-0.05, 0) is 16.3 Å². The van der Waals surface area contributed by atoms with Gasteiger partial charge in [0.2, 0.25) is 0 Å². The van der Waals surface area contributed by atoms with Gasteiger partial charge < -0.3 is 0 Å². The minimum Gasteiger partial charge on any atom is -0.271 e. The predicted molar refractivity (Wildman–Crippen MR) is 92.2 cm³/mol. The topological polar surface area (TPSA) is 38.0 Å². The Morgan fingerprint density at radius 3 is 2.65 bits per heavy atom. The van der Waals surface area contributed by atoms with Gasteiger partial charge in [0.1, 0.15) is 0 Å². The molecule has 2 nitrogen and oxygen atoms in total. The Kier molecular flexibility index (Phi) is 4.56. The van der Waals surface area contributed by atoms with Crippen molar-refractivity contribution in [1.29, 1.82) is 0 Å². The van der Waals surface area contributed by atoms with Gasteiger partial charge in [0.15, 0.2) is 0 Å². The van der Waals surface area contributed by atoms with Crippen LogP contribution in [0.3, 0.4) is 0 Å². The molecule has 1 fully saturated rings. The molecule has 106 valence electrons. The SMILES string of the molecule is CC1SCCSC1C(NN)c1cccc2ccccc12. The van der Waals surface area contributed by atoms with Crippen molar-refractivity contribution in [1.82, 2.24) is 5.43 Å². The molecule has 0 saturated carbocycles. The molecule has 0 aromatic heterocycles. The molecule has 3 atom stereocenters. The lowest BCUT2D eigenvalue weighted by atomic mass is 9.96. The summed E-state index contributed by atoms with van der Waals surface area (Å²) in [5.41, 5.74) is 4.39. The lowest BCUT2D eigenvalue weighted by Crippen LogP contribution is -2.41. The minimum atomic E-state index is 0.203. The van der Waals surface area contributed by atoms with Crippen LogP contribution in [0.5, 0.6) is 0 Å². The van der Waals surface area contributed by atoms with E-state index in [9.17, 15) is 0 Å². The number of benzene rings is 2. The lowest BCUT2D eigenvalue weighted by molar-refractivity contribution is 0.530. The molecule has 3 unspecified atom stereocenters. The van der Waals surface area contributed by atoms with Crippen molar-refractivity contribution >= 4 is 34.3 Å². The molecule has 0 amide bonds. The van der Waals surface area contributed by atoms with Gasteiger partial charge in [-0.3, -0.25) is 11.3 Å². The van der Waals surface area contributed by atoms with Crippen LogP contribution >= 0.6 is 23.5 Å². The van der Waals surface area contributed by atoms with E-state index in [1.54, 1.807) is 0 Å². The Bertz CT molecular complexity index is 582. The van der Waals surface area contributed by atoms with E-state index in [1.807, 2.05) is 11.8 Å². The molecule has 1 aliphatic heterocycles. The van der Waals surface area contributed by atoms with Crippen LogP contribution in [0.25, 0.3) is 10.8 Å². The van der Waals surface area contributed by atoms with Crippen molar-refractivity contribution in [3.63, 3.8) is 0 Å². The predicted octanol–water partition coefficient (Wildman–Crippen LogP) is 3.58. The third kappa shape index (κ3) is 2.70. The first-order chi connectivity index (χ1) is 9.81. The molecule has 0 spiro atoms. The largest absolute Gasteiger partial charge is 0.271 e. The Morgan fingerprint density at radius 2 is 1.85 bits per heavy atom. The van der Waals surface area contributed by atoms with E-state index in [0.717, 1.165) is 0 Å². The maximum atomic E-state index is 5.92. The van der Waals surface area contributed by atoms with Crippen LogP contribution in [0.2, 0.25) is 0 Å². The summed E-state index contributed by atoms with van der Waals surface area (Å²) in [5.74, 6) is 8.37. The number of hydrazine groups is 1. The third-order valence-corrected chi connectivity index (χ3v) is 7.10. The average Bonchev–Trinajstić information content (AvgIpc) is 2.50. The number of nitrogens with two attached hydrogens (primary N) is 1.